The Labute approximate surface area is 161 Å². The van der Waals surface area contributed by atoms with Crippen LogP contribution in [0.3, 0.4) is 0 Å². The molecule has 0 bridgehead atoms. The minimum Gasteiger partial charge on any atom is -0.369 e. The molecular weight excluding hydrogens is 346 g/mol. The Morgan fingerprint density at radius 1 is 1.56 bits per heavy atom. The Morgan fingerprint density at radius 3 is 2.81 bits per heavy atom. The summed E-state index contributed by atoms with van der Waals surface area (Å²) in [6, 6.07) is 6.04. The van der Waals surface area contributed by atoms with E-state index in [1.165, 1.54) is 28.2 Å². The lowest BCUT2D eigenvalue weighted by molar-refractivity contribution is -0.121. The summed E-state index contributed by atoms with van der Waals surface area (Å²) >= 11 is 0. The molecule has 144 valence electrons. The Kier molecular flexibility index (Phi) is 5.67. The van der Waals surface area contributed by atoms with Crippen LogP contribution in [-0.2, 0) is 28.6 Å². The number of fused-ring (bicyclic) bond motifs is 2. The van der Waals surface area contributed by atoms with Gasteiger partial charge in [0.1, 0.15) is 7.85 Å². The minimum absolute atomic E-state index is 0. The van der Waals surface area contributed by atoms with Gasteiger partial charge in [-0.3, -0.25) is 14.4 Å². The smallest absolute Gasteiger partial charge is 0.231 e. The van der Waals surface area contributed by atoms with Gasteiger partial charge in [-0.05, 0) is 23.5 Å². The highest BCUT2D eigenvalue weighted by atomic mass is 19.1. The van der Waals surface area contributed by atoms with Gasteiger partial charge in [0.2, 0.25) is 5.91 Å². The maximum atomic E-state index is 11.8. The fourth-order valence-electron chi connectivity index (χ4n) is 3.79. The summed E-state index contributed by atoms with van der Waals surface area (Å²) in [5.41, 5.74) is 8.69. The van der Waals surface area contributed by atoms with Gasteiger partial charge >= 0.3 is 0 Å². The summed E-state index contributed by atoms with van der Waals surface area (Å²) in [4.78, 5) is 13.2. The van der Waals surface area contributed by atoms with Crippen LogP contribution in [0.25, 0.3) is 0 Å². The first-order chi connectivity index (χ1) is 12.8. The summed E-state index contributed by atoms with van der Waals surface area (Å²) in [6.07, 6.45) is 3.60. The zero-order chi connectivity index (χ0) is 19.6. The molecule has 1 spiro atoms. The van der Waals surface area contributed by atoms with Crippen LogP contribution in [0.2, 0.25) is 0 Å². The van der Waals surface area contributed by atoms with Gasteiger partial charge in [0, 0.05) is 20.4 Å². The van der Waals surface area contributed by atoms with Crippen LogP contribution in [-0.4, -0.2) is 48.3 Å². The molecule has 1 aromatic heterocycles. The number of ether oxygens (including phenoxy) is 1. The van der Waals surface area contributed by atoms with Crippen LogP contribution in [0.15, 0.2) is 30.6 Å². The number of rotatable bonds is 2. The van der Waals surface area contributed by atoms with Crippen LogP contribution in [0.4, 0.5) is 4.39 Å². The van der Waals surface area contributed by atoms with E-state index in [4.69, 9.17) is 18.3 Å². The molecule has 2 radical (unpaired) electrons. The normalized spacial score (nSPS) is 24.3. The third kappa shape index (κ3) is 4.57. The number of benzene rings is 1. The van der Waals surface area contributed by atoms with Gasteiger partial charge < -0.3 is 10.5 Å². The molecule has 1 aliphatic heterocycles. The molecule has 1 saturated carbocycles. The van der Waals surface area contributed by atoms with E-state index in [-0.39, 0.29) is 25.1 Å². The fourth-order valence-corrected chi connectivity index (χ4v) is 3.79. The molecule has 2 heterocycles. The van der Waals surface area contributed by atoms with Gasteiger partial charge in [-0.15, -0.1) is 0 Å². The second-order valence-electron chi connectivity index (χ2n) is 7.44. The number of carbonyl (C=O) groups is 1. The highest BCUT2D eigenvalue weighted by molar-refractivity contribution is 6.32. The number of aromatic nitrogens is 2. The van der Waals surface area contributed by atoms with Gasteiger partial charge in [-0.25, -0.2) is 4.39 Å². The number of nitrogens with two attached hydrogens (primary N) is 1. The van der Waals surface area contributed by atoms with Crippen LogP contribution in [0.1, 0.15) is 25.9 Å². The zero-order valence-corrected chi connectivity index (χ0v) is 15.7. The summed E-state index contributed by atoms with van der Waals surface area (Å²) in [6.45, 7) is 4.29. The van der Waals surface area contributed by atoms with Crippen LogP contribution < -0.4 is 11.2 Å². The van der Waals surface area contributed by atoms with E-state index in [0.29, 0.717) is 19.3 Å². The average molecular weight is 372 g/mol. The number of nitrogens with zero attached hydrogens (tertiary/aromatic N) is 3. The molecule has 0 saturated heterocycles. The summed E-state index contributed by atoms with van der Waals surface area (Å²) in [5.74, 6) is -0.00977. The van der Waals surface area contributed by atoms with Crippen LogP contribution in [0.5, 0.6) is 0 Å². The molecule has 2 atom stereocenters. The van der Waals surface area contributed by atoms with E-state index in [2.05, 4.69) is 24.2 Å². The molecule has 1 fully saturated rings. The molecule has 1 aromatic carbocycles. The van der Waals surface area contributed by atoms with E-state index in [9.17, 15) is 9.18 Å². The van der Waals surface area contributed by atoms with Gasteiger partial charge in [0.15, 0.2) is 5.82 Å². The van der Waals surface area contributed by atoms with E-state index < -0.39 is 0 Å². The maximum absolute atomic E-state index is 11.8. The van der Waals surface area contributed by atoms with Gasteiger partial charge in [-0.2, -0.15) is 5.10 Å². The molecule has 27 heavy (non-hydrogen) atoms. The van der Waals surface area contributed by atoms with Crippen LogP contribution in [0, 0.1) is 11.7 Å². The quantitative estimate of drug-likeness (QED) is 0.793. The number of halogens is 1. The van der Waals surface area contributed by atoms with Gasteiger partial charge in [0.25, 0.3) is 0 Å². The topological polar surface area (TPSA) is 73.4 Å². The van der Waals surface area contributed by atoms with Crippen molar-refractivity contribution in [3.8, 4) is 0 Å². The largest absolute Gasteiger partial charge is 0.369 e. The number of amides is 1. The SMILES string of the molecule is Cn1cc(F)cn1.[B]c1ccc2c(c1)[C@@]1(C[C@@H]1C)CN(CC(N)=O)COC2.[HH]. The Bertz CT molecular complexity index is 818. The predicted molar refractivity (Wildman–Crippen MR) is 103 cm³/mol. The Balaban J connectivity index is 0.000000298. The zero-order valence-electron chi connectivity index (χ0n) is 15.7. The molecule has 4 rings (SSSR count). The maximum Gasteiger partial charge on any atom is 0.231 e. The Hall–Kier alpha value is -2.19. The van der Waals surface area contributed by atoms with Gasteiger partial charge in [-0.1, -0.05) is 30.6 Å². The van der Waals surface area contributed by atoms with Gasteiger partial charge in [0.05, 0.1) is 32.3 Å². The van der Waals surface area contributed by atoms with Crippen molar-refractivity contribution in [2.45, 2.75) is 25.4 Å². The van der Waals surface area contributed by atoms with E-state index in [1.807, 2.05) is 11.0 Å². The van der Waals surface area contributed by atoms with Crippen molar-refractivity contribution < 1.29 is 15.3 Å². The first kappa shape index (κ1) is 19.6. The lowest BCUT2D eigenvalue weighted by atomic mass is 9.83. The second-order valence-corrected chi connectivity index (χ2v) is 7.44. The number of aryl methyl sites for hydroxylation is 1. The molecule has 2 N–H and O–H groups in total. The van der Waals surface area contributed by atoms with Crippen molar-refractivity contribution in [2.24, 2.45) is 18.7 Å². The van der Waals surface area contributed by atoms with Crippen molar-refractivity contribution in [1.82, 2.24) is 14.7 Å². The molecule has 1 aliphatic carbocycles. The third-order valence-corrected chi connectivity index (χ3v) is 5.21. The van der Waals surface area contributed by atoms with Crippen molar-refractivity contribution >= 4 is 19.2 Å². The number of hydrogen-bond acceptors (Lipinski definition) is 4. The van der Waals surface area contributed by atoms with E-state index >= 15 is 0 Å². The highest BCUT2D eigenvalue weighted by Crippen LogP contribution is 2.55. The molecule has 0 unspecified atom stereocenters. The van der Waals surface area contributed by atoms with Crippen molar-refractivity contribution in [1.29, 1.82) is 0 Å². The summed E-state index contributed by atoms with van der Waals surface area (Å²) in [7, 11) is 7.62. The fraction of sp³-hybridized carbons (Fsp3) is 0.474. The monoisotopic (exact) mass is 372 g/mol. The second kappa shape index (κ2) is 7.82. The molecule has 2 aromatic rings. The average Bonchev–Trinajstić information content (AvgIpc) is 3.07. The number of hydrogen-bond donors (Lipinski definition) is 1. The van der Waals surface area contributed by atoms with Crippen molar-refractivity contribution in [3.63, 3.8) is 0 Å². The standard InChI is InChI=1S/C15H19BN2O2.C4H5FN2.H2/c1-10-5-15(10)8-18(6-14(17)19)9-20-7-11-2-3-12(16)4-13(11)15;1-7-3-4(5)2-6-7;/h2-4,10H,5-9H2,1H3,(H2,17,19);2-3H,1H3;1H/t10-,15-;;/m0../s1. The van der Waals surface area contributed by atoms with Crippen molar-refractivity contribution in [2.75, 3.05) is 19.8 Å². The highest BCUT2D eigenvalue weighted by Gasteiger charge is 2.54. The number of carbonyl (C=O) groups excluding carboxylic acids is 1. The third-order valence-electron chi connectivity index (χ3n) is 5.21. The summed E-state index contributed by atoms with van der Waals surface area (Å²) < 4.78 is 18.9. The molecule has 8 heteroatoms. The molecule has 1 amide bonds. The lowest BCUT2D eigenvalue weighted by Gasteiger charge is -2.32. The minimum atomic E-state index is -0.314. The lowest BCUT2D eigenvalue weighted by Crippen LogP contribution is -2.42. The summed E-state index contributed by atoms with van der Waals surface area (Å²) in [5, 5.41) is 3.56. The predicted octanol–water partition coefficient (Wildman–Crippen LogP) is 0.838. The molecule has 2 aliphatic rings. The first-order valence-electron chi connectivity index (χ1n) is 8.91. The molecule has 6 nitrogen and oxygen atoms in total. The molecular formula is C19H26BFN4O2. The first-order valence-corrected chi connectivity index (χ1v) is 8.91. The van der Waals surface area contributed by atoms with E-state index in [1.54, 1.807) is 7.05 Å². The van der Waals surface area contributed by atoms with Crippen LogP contribution >= 0.6 is 0 Å². The van der Waals surface area contributed by atoms with Crippen molar-refractivity contribution in [3.05, 3.63) is 47.5 Å². The van der Waals surface area contributed by atoms with E-state index in [0.717, 1.165) is 18.4 Å². The number of primary amides is 1. The Morgan fingerprint density at radius 2 is 2.30 bits per heavy atom.